The summed E-state index contributed by atoms with van der Waals surface area (Å²) in [4.78, 5) is 14.2. The molecular weight excluding hydrogens is 240 g/mol. The standard InChI is InChI=1S/C15H22N2O2/c1-12(16)14(13-5-3-2-4-6-13)11-15(18)17-7-9-19-10-8-17/h2-6,12,14H,7-11,16H2,1H3/t12-,14-/m0/s1. The maximum atomic E-state index is 12.3. The fourth-order valence-electron chi connectivity index (χ4n) is 2.44. The molecule has 2 atom stereocenters. The van der Waals surface area contributed by atoms with Gasteiger partial charge in [0.15, 0.2) is 0 Å². The van der Waals surface area contributed by atoms with E-state index in [1.54, 1.807) is 0 Å². The second-order valence-electron chi connectivity index (χ2n) is 5.07. The number of carbonyl (C=O) groups is 1. The molecule has 0 bridgehead atoms. The van der Waals surface area contributed by atoms with Gasteiger partial charge >= 0.3 is 0 Å². The number of carbonyl (C=O) groups excluding carboxylic acids is 1. The highest BCUT2D eigenvalue weighted by Crippen LogP contribution is 2.23. The van der Waals surface area contributed by atoms with E-state index in [2.05, 4.69) is 0 Å². The van der Waals surface area contributed by atoms with Gasteiger partial charge in [0, 0.05) is 31.5 Å². The molecule has 1 saturated heterocycles. The zero-order valence-electron chi connectivity index (χ0n) is 11.4. The Labute approximate surface area is 114 Å². The zero-order valence-corrected chi connectivity index (χ0v) is 11.4. The van der Waals surface area contributed by atoms with Crippen LogP contribution in [0.1, 0.15) is 24.8 Å². The van der Waals surface area contributed by atoms with Crippen molar-refractivity contribution < 1.29 is 9.53 Å². The second-order valence-corrected chi connectivity index (χ2v) is 5.07. The quantitative estimate of drug-likeness (QED) is 0.891. The van der Waals surface area contributed by atoms with Gasteiger partial charge in [-0.05, 0) is 12.5 Å². The van der Waals surface area contributed by atoms with Crippen molar-refractivity contribution in [2.75, 3.05) is 26.3 Å². The Morgan fingerprint density at radius 3 is 2.53 bits per heavy atom. The monoisotopic (exact) mass is 262 g/mol. The Balaban J connectivity index is 2.02. The molecule has 4 nitrogen and oxygen atoms in total. The van der Waals surface area contributed by atoms with Crippen LogP contribution < -0.4 is 5.73 Å². The van der Waals surface area contributed by atoms with Crippen molar-refractivity contribution in [1.29, 1.82) is 0 Å². The van der Waals surface area contributed by atoms with Crippen molar-refractivity contribution in [2.24, 2.45) is 5.73 Å². The van der Waals surface area contributed by atoms with E-state index < -0.39 is 0 Å². The highest BCUT2D eigenvalue weighted by atomic mass is 16.5. The van der Waals surface area contributed by atoms with Gasteiger partial charge in [-0.3, -0.25) is 4.79 Å². The Morgan fingerprint density at radius 1 is 1.32 bits per heavy atom. The van der Waals surface area contributed by atoms with Crippen molar-refractivity contribution in [3.8, 4) is 0 Å². The van der Waals surface area contributed by atoms with Gasteiger partial charge in [0.25, 0.3) is 0 Å². The first-order valence-electron chi connectivity index (χ1n) is 6.84. The molecule has 1 aliphatic rings. The van der Waals surface area contributed by atoms with Crippen molar-refractivity contribution in [2.45, 2.75) is 25.3 Å². The van der Waals surface area contributed by atoms with Crippen molar-refractivity contribution in [3.63, 3.8) is 0 Å². The second kappa shape index (κ2) is 6.68. The molecule has 0 saturated carbocycles. The molecular formula is C15H22N2O2. The average Bonchev–Trinajstić information content (AvgIpc) is 2.46. The van der Waals surface area contributed by atoms with Crippen molar-refractivity contribution in [3.05, 3.63) is 35.9 Å². The van der Waals surface area contributed by atoms with E-state index in [-0.39, 0.29) is 17.9 Å². The maximum Gasteiger partial charge on any atom is 0.223 e. The third-order valence-electron chi connectivity index (χ3n) is 3.62. The number of nitrogens with two attached hydrogens (primary N) is 1. The molecule has 2 N–H and O–H groups in total. The molecule has 104 valence electrons. The third kappa shape index (κ3) is 3.78. The fraction of sp³-hybridized carbons (Fsp3) is 0.533. The number of hydrogen-bond donors (Lipinski definition) is 1. The zero-order chi connectivity index (χ0) is 13.7. The molecule has 1 amide bonds. The lowest BCUT2D eigenvalue weighted by Crippen LogP contribution is -2.42. The Morgan fingerprint density at radius 2 is 1.95 bits per heavy atom. The lowest BCUT2D eigenvalue weighted by Gasteiger charge is -2.29. The van der Waals surface area contributed by atoms with E-state index in [4.69, 9.17) is 10.5 Å². The van der Waals surface area contributed by atoms with E-state index in [1.165, 1.54) is 0 Å². The number of benzene rings is 1. The molecule has 2 rings (SSSR count). The Hall–Kier alpha value is -1.39. The fourth-order valence-corrected chi connectivity index (χ4v) is 2.44. The summed E-state index contributed by atoms with van der Waals surface area (Å²) in [7, 11) is 0. The van der Waals surface area contributed by atoms with Gasteiger partial charge in [0.2, 0.25) is 5.91 Å². The maximum absolute atomic E-state index is 12.3. The minimum atomic E-state index is -0.0348. The van der Waals surface area contributed by atoms with Gasteiger partial charge in [0.05, 0.1) is 13.2 Å². The van der Waals surface area contributed by atoms with Crippen LogP contribution in [0.4, 0.5) is 0 Å². The summed E-state index contributed by atoms with van der Waals surface area (Å²) in [5, 5.41) is 0. The van der Waals surface area contributed by atoms with Crippen LogP contribution in [-0.4, -0.2) is 43.2 Å². The molecule has 1 aromatic rings. The first kappa shape index (κ1) is 14.0. The van der Waals surface area contributed by atoms with Gasteiger partial charge in [0.1, 0.15) is 0 Å². The van der Waals surface area contributed by atoms with Crippen LogP contribution in [0.25, 0.3) is 0 Å². The summed E-state index contributed by atoms with van der Waals surface area (Å²) in [6.45, 7) is 4.63. The van der Waals surface area contributed by atoms with Gasteiger partial charge in [-0.15, -0.1) is 0 Å². The molecule has 0 unspecified atom stereocenters. The number of morpholine rings is 1. The van der Waals surface area contributed by atoms with Gasteiger partial charge in [-0.1, -0.05) is 30.3 Å². The van der Waals surface area contributed by atoms with Crippen molar-refractivity contribution in [1.82, 2.24) is 4.90 Å². The molecule has 1 aliphatic heterocycles. The van der Waals surface area contributed by atoms with Crippen LogP contribution in [0.15, 0.2) is 30.3 Å². The summed E-state index contributed by atoms with van der Waals surface area (Å²) in [5.41, 5.74) is 7.19. The minimum absolute atomic E-state index is 0.0348. The summed E-state index contributed by atoms with van der Waals surface area (Å²) in [6, 6.07) is 10.0. The largest absolute Gasteiger partial charge is 0.378 e. The highest BCUT2D eigenvalue weighted by molar-refractivity contribution is 5.77. The third-order valence-corrected chi connectivity index (χ3v) is 3.62. The normalized spacial score (nSPS) is 18.9. The summed E-state index contributed by atoms with van der Waals surface area (Å²) in [5.74, 6) is 0.256. The molecule has 0 aliphatic carbocycles. The van der Waals surface area contributed by atoms with E-state index in [9.17, 15) is 4.79 Å². The number of nitrogens with zero attached hydrogens (tertiary/aromatic N) is 1. The smallest absolute Gasteiger partial charge is 0.223 e. The predicted molar refractivity (Wildman–Crippen MR) is 74.8 cm³/mol. The summed E-state index contributed by atoms with van der Waals surface area (Å²) >= 11 is 0. The molecule has 1 aromatic carbocycles. The number of hydrogen-bond acceptors (Lipinski definition) is 3. The Kier molecular flexibility index (Phi) is 4.93. The van der Waals surface area contributed by atoms with E-state index in [0.717, 1.165) is 5.56 Å². The molecule has 1 fully saturated rings. The molecule has 4 heteroatoms. The average molecular weight is 262 g/mol. The predicted octanol–water partition coefficient (Wildman–Crippen LogP) is 1.37. The van der Waals surface area contributed by atoms with Crippen LogP contribution in [-0.2, 0) is 9.53 Å². The summed E-state index contributed by atoms with van der Waals surface area (Å²) in [6.07, 6.45) is 0.474. The van der Waals surface area contributed by atoms with Crippen LogP contribution in [0.3, 0.4) is 0 Å². The molecule has 0 spiro atoms. The van der Waals surface area contributed by atoms with E-state index in [1.807, 2.05) is 42.2 Å². The molecule has 0 aromatic heterocycles. The Bertz CT molecular complexity index is 400. The van der Waals surface area contributed by atoms with E-state index >= 15 is 0 Å². The van der Waals surface area contributed by atoms with Crippen molar-refractivity contribution >= 4 is 5.91 Å². The number of amides is 1. The van der Waals surface area contributed by atoms with Crippen LogP contribution in [0.2, 0.25) is 0 Å². The lowest BCUT2D eigenvalue weighted by molar-refractivity contribution is -0.135. The lowest BCUT2D eigenvalue weighted by atomic mass is 9.89. The first-order chi connectivity index (χ1) is 9.18. The van der Waals surface area contributed by atoms with Gasteiger partial charge < -0.3 is 15.4 Å². The highest BCUT2D eigenvalue weighted by Gasteiger charge is 2.24. The van der Waals surface area contributed by atoms with E-state index in [0.29, 0.717) is 32.7 Å². The first-order valence-corrected chi connectivity index (χ1v) is 6.84. The molecule has 0 radical (unpaired) electrons. The molecule has 1 heterocycles. The van der Waals surface area contributed by atoms with Crippen LogP contribution in [0, 0.1) is 0 Å². The van der Waals surface area contributed by atoms with Gasteiger partial charge in [-0.2, -0.15) is 0 Å². The van der Waals surface area contributed by atoms with Gasteiger partial charge in [-0.25, -0.2) is 0 Å². The SMILES string of the molecule is C[C@H](N)[C@H](CC(=O)N1CCOCC1)c1ccccc1. The number of rotatable bonds is 4. The molecule has 19 heavy (non-hydrogen) atoms. The van der Waals surface area contributed by atoms with Crippen LogP contribution >= 0.6 is 0 Å². The topological polar surface area (TPSA) is 55.6 Å². The summed E-state index contributed by atoms with van der Waals surface area (Å²) < 4.78 is 5.27. The minimum Gasteiger partial charge on any atom is -0.378 e. The van der Waals surface area contributed by atoms with Crippen LogP contribution in [0.5, 0.6) is 0 Å². The number of ether oxygens (including phenoxy) is 1.